The van der Waals surface area contributed by atoms with E-state index in [9.17, 15) is 9.18 Å². The molecule has 5 heteroatoms. The largest absolute Gasteiger partial charge is 0.494 e. The fourth-order valence-corrected chi connectivity index (χ4v) is 1.78. The highest BCUT2D eigenvalue weighted by Gasteiger charge is 2.10. The van der Waals surface area contributed by atoms with Crippen molar-refractivity contribution in [1.82, 2.24) is 0 Å². The predicted octanol–water partition coefficient (Wildman–Crippen LogP) is 2.05. The summed E-state index contributed by atoms with van der Waals surface area (Å²) >= 11 is 0. The Hall–Kier alpha value is -1.62. The number of esters is 1. The summed E-state index contributed by atoms with van der Waals surface area (Å²) in [5.41, 5.74) is 6.70. The van der Waals surface area contributed by atoms with Crippen LogP contribution < -0.4 is 10.5 Å². The summed E-state index contributed by atoms with van der Waals surface area (Å²) in [7, 11) is 1.42. The van der Waals surface area contributed by atoms with E-state index in [0.29, 0.717) is 19.4 Å². The van der Waals surface area contributed by atoms with Crippen LogP contribution in [0.25, 0.3) is 0 Å². The fourth-order valence-electron chi connectivity index (χ4n) is 1.78. The van der Waals surface area contributed by atoms with Crippen LogP contribution in [0.1, 0.15) is 25.3 Å². The quantitative estimate of drug-likeness (QED) is 0.769. The normalized spacial score (nSPS) is 12.0. The molecule has 1 atom stereocenters. The monoisotopic (exact) mass is 269 g/mol. The first-order valence-electron chi connectivity index (χ1n) is 6.30. The van der Waals surface area contributed by atoms with Crippen LogP contribution in [0.3, 0.4) is 0 Å². The second kappa shape index (κ2) is 7.74. The maximum absolute atomic E-state index is 13.5. The van der Waals surface area contributed by atoms with Gasteiger partial charge in [0.15, 0.2) is 11.6 Å². The first-order chi connectivity index (χ1) is 9.06. The summed E-state index contributed by atoms with van der Waals surface area (Å²) < 4.78 is 23.1. The Kier molecular flexibility index (Phi) is 6.29. The van der Waals surface area contributed by atoms with Crippen molar-refractivity contribution in [3.8, 4) is 5.75 Å². The summed E-state index contributed by atoms with van der Waals surface area (Å²) in [4.78, 5) is 11.2. The molecule has 0 aromatic heterocycles. The molecular weight excluding hydrogens is 249 g/mol. The summed E-state index contributed by atoms with van der Waals surface area (Å²) in [5, 5.41) is 0. The zero-order chi connectivity index (χ0) is 14.3. The predicted molar refractivity (Wildman–Crippen MR) is 70.5 cm³/mol. The number of ether oxygens (including phenoxy) is 2. The second-order valence-electron chi connectivity index (χ2n) is 4.28. The molecule has 0 aliphatic carbocycles. The topological polar surface area (TPSA) is 61.5 Å². The van der Waals surface area contributed by atoms with Gasteiger partial charge in [0.1, 0.15) is 0 Å². The molecular formula is C14H20FNO3. The van der Waals surface area contributed by atoms with E-state index in [4.69, 9.17) is 15.2 Å². The molecule has 2 N–H and O–H groups in total. The number of halogens is 1. The number of carbonyl (C=O) groups excluding carboxylic acids is 1. The van der Waals surface area contributed by atoms with Crippen LogP contribution in [0.2, 0.25) is 0 Å². The Labute approximate surface area is 112 Å². The highest BCUT2D eigenvalue weighted by atomic mass is 19.1. The maximum atomic E-state index is 13.5. The molecule has 0 fully saturated rings. The van der Waals surface area contributed by atoms with Crippen molar-refractivity contribution in [2.24, 2.45) is 5.73 Å². The Morgan fingerprint density at radius 1 is 1.47 bits per heavy atom. The minimum atomic E-state index is -0.405. The summed E-state index contributed by atoms with van der Waals surface area (Å²) in [5.74, 6) is -0.444. The van der Waals surface area contributed by atoms with Crippen LogP contribution >= 0.6 is 0 Å². The number of hydrogen-bond donors (Lipinski definition) is 1. The first kappa shape index (κ1) is 15.4. The molecule has 19 heavy (non-hydrogen) atoms. The van der Waals surface area contributed by atoms with Crippen LogP contribution in [0.15, 0.2) is 18.2 Å². The maximum Gasteiger partial charge on any atom is 0.305 e. The second-order valence-corrected chi connectivity index (χ2v) is 4.28. The van der Waals surface area contributed by atoms with Crippen LogP contribution in [-0.2, 0) is 16.0 Å². The van der Waals surface area contributed by atoms with Gasteiger partial charge in [0.05, 0.1) is 13.7 Å². The molecule has 4 nitrogen and oxygen atoms in total. The SMILES string of the molecule is CCOC(=O)CCC(N)Cc1ccc(OC)c(F)c1. The van der Waals surface area contributed by atoms with E-state index in [0.717, 1.165) is 5.56 Å². The fraction of sp³-hybridized carbons (Fsp3) is 0.500. The Morgan fingerprint density at radius 2 is 2.21 bits per heavy atom. The lowest BCUT2D eigenvalue weighted by Gasteiger charge is -2.12. The van der Waals surface area contributed by atoms with Crippen molar-refractivity contribution in [2.75, 3.05) is 13.7 Å². The van der Waals surface area contributed by atoms with Crippen molar-refractivity contribution >= 4 is 5.97 Å². The molecule has 0 aliphatic rings. The minimum Gasteiger partial charge on any atom is -0.494 e. The van der Waals surface area contributed by atoms with Crippen LogP contribution in [0.5, 0.6) is 5.75 Å². The Bertz CT molecular complexity index is 423. The van der Waals surface area contributed by atoms with Gasteiger partial charge < -0.3 is 15.2 Å². The number of rotatable bonds is 7. The molecule has 0 aliphatic heterocycles. The molecule has 0 saturated carbocycles. The molecule has 0 amide bonds. The molecule has 0 radical (unpaired) electrons. The van der Waals surface area contributed by atoms with E-state index in [1.165, 1.54) is 13.2 Å². The summed E-state index contributed by atoms with van der Waals surface area (Å²) in [6, 6.07) is 4.55. The van der Waals surface area contributed by atoms with Crippen molar-refractivity contribution in [3.63, 3.8) is 0 Å². The number of carbonyl (C=O) groups is 1. The minimum absolute atomic E-state index is 0.197. The van der Waals surface area contributed by atoms with Gasteiger partial charge in [-0.1, -0.05) is 6.07 Å². The highest BCUT2D eigenvalue weighted by molar-refractivity contribution is 5.69. The molecule has 1 aromatic rings. The molecule has 1 aromatic carbocycles. The van der Waals surface area contributed by atoms with E-state index in [1.807, 2.05) is 0 Å². The number of nitrogens with two attached hydrogens (primary N) is 1. The van der Waals surface area contributed by atoms with E-state index >= 15 is 0 Å². The zero-order valence-corrected chi connectivity index (χ0v) is 11.3. The van der Waals surface area contributed by atoms with Gasteiger partial charge in [-0.2, -0.15) is 0 Å². The third kappa shape index (κ3) is 5.26. The van der Waals surface area contributed by atoms with Crippen molar-refractivity contribution in [1.29, 1.82) is 0 Å². The molecule has 1 rings (SSSR count). The first-order valence-corrected chi connectivity index (χ1v) is 6.30. The number of benzene rings is 1. The van der Waals surface area contributed by atoms with Gasteiger partial charge in [0.2, 0.25) is 0 Å². The number of methoxy groups -OCH3 is 1. The van der Waals surface area contributed by atoms with E-state index < -0.39 is 5.82 Å². The summed E-state index contributed by atoms with van der Waals surface area (Å²) in [6.07, 6.45) is 1.32. The zero-order valence-electron chi connectivity index (χ0n) is 11.3. The molecule has 0 bridgehead atoms. The molecule has 0 saturated heterocycles. The van der Waals surface area contributed by atoms with Crippen molar-refractivity contribution < 1.29 is 18.7 Å². The van der Waals surface area contributed by atoms with Gasteiger partial charge >= 0.3 is 5.97 Å². The molecule has 1 unspecified atom stereocenters. The van der Waals surface area contributed by atoms with E-state index in [1.54, 1.807) is 19.1 Å². The molecule has 0 heterocycles. The average molecular weight is 269 g/mol. The van der Waals surface area contributed by atoms with Gasteiger partial charge in [-0.3, -0.25) is 4.79 Å². The Balaban J connectivity index is 2.46. The third-order valence-electron chi connectivity index (χ3n) is 2.74. The van der Waals surface area contributed by atoms with Crippen LogP contribution in [0.4, 0.5) is 4.39 Å². The van der Waals surface area contributed by atoms with Gasteiger partial charge in [-0.05, 0) is 37.5 Å². The lowest BCUT2D eigenvalue weighted by Crippen LogP contribution is -2.24. The van der Waals surface area contributed by atoms with Gasteiger partial charge in [-0.25, -0.2) is 4.39 Å². The Morgan fingerprint density at radius 3 is 2.79 bits per heavy atom. The average Bonchev–Trinajstić information content (AvgIpc) is 2.37. The molecule has 0 spiro atoms. The van der Waals surface area contributed by atoms with E-state index in [-0.39, 0.29) is 24.2 Å². The summed E-state index contributed by atoms with van der Waals surface area (Å²) in [6.45, 7) is 2.13. The lowest BCUT2D eigenvalue weighted by atomic mass is 10.0. The van der Waals surface area contributed by atoms with Gasteiger partial charge in [-0.15, -0.1) is 0 Å². The van der Waals surface area contributed by atoms with Gasteiger partial charge in [0, 0.05) is 12.5 Å². The van der Waals surface area contributed by atoms with E-state index in [2.05, 4.69) is 0 Å². The van der Waals surface area contributed by atoms with Crippen molar-refractivity contribution in [2.45, 2.75) is 32.2 Å². The molecule has 106 valence electrons. The third-order valence-corrected chi connectivity index (χ3v) is 2.74. The lowest BCUT2D eigenvalue weighted by molar-refractivity contribution is -0.143. The van der Waals surface area contributed by atoms with Crippen LogP contribution in [-0.4, -0.2) is 25.7 Å². The highest BCUT2D eigenvalue weighted by Crippen LogP contribution is 2.18. The smallest absolute Gasteiger partial charge is 0.305 e. The van der Waals surface area contributed by atoms with Crippen molar-refractivity contribution in [3.05, 3.63) is 29.6 Å². The standard InChI is InChI=1S/C14H20FNO3/c1-3-19-14(17)7-5-11(16)8-10-4-6-13(18-2)12(15)9-10/h4,6,9,11H,3,5,7-8,16H2,1-2H3. The van der Waals surface area contributed by atoms with Crippen LogP contribution in [0, 0.1) is 5.82 Å². The van der Waals surface area contributed by atoms with Gasteiger partial charge in [0.25, 0.3) is 0 Å². The number of hydrogen-bond acceptors (Lipinski definition) is 4.